The molecule has 2 aromatic rings. The molecule has 3 atom stereocenters. The summed E-state index contributed by atoms with van der Waals surface area (Å²) in [6.07, 6.45) is 2.81. The average molecular weight is 541 g/mol. The molecule has 0 bridgehead atoms. The summed E-state index contributed by atoms with van der Waals surface area (Å²) in [5, 5.41) is 28.6. The molecule has 0 aromatic heterocycles. The number of carbonyl (C=O) groups is 3. The molecule has 2 aromatic carbocycles. The lowest BCUT2D eigenvalue weighted by Crippen LogP contribution is -2.58. The van der Waals surface area contributed by atoms with Crippen molar-refractivity contribution in [3.8, 4) is 11.5 Å². The van der Waals surface area contributed by atoms with Gasteiger partial charge in [0.2, 0.25) is 17.7 Å². The van der Waals surface area contributed by atoms with Crippen molar-refractivity contribution >= 4 is 17.7 Å². The van der Waals surface area contributed by atoms with Crippen LogP contribution in [0.4, 0.5) is 0 Å². The number of rotatable bonds is 5. The zero-order valence-corrected chi connectivity index (χ0v) is 22.7. The molecule has 0 aliphatic carbocycles. The molecule has 39 heavy (non-hydrogen) atoms. The third-order valence-electron chi connectivity index (χ3n) is 6.82. The number of aliphatic hydroxyl groups is 1. The molecule has 1 aliphatic rings. The van der Waals surface area contributed by atoms with Crippen LogP contribution in [-0.4, -0.2) is 84.3 Å². The highest BCUT2D eigenvalue weighted by Gasteiger charge is 2.32. The number of hydrogen-bond donors (Lipinski definition) is 5. The number of ether oxygens (including phenoxy) is 1. The van der Waals surface area contributed by atoms with Crippen LogP contribution in [0.15, 0.2) is 48.5 Å². The van der Waals surface area contributed by atoms with E-state index in [1.54, 1.807) is 12.1 Å². The normalized spacial score (nSPS) is 22.1. The van der Waals surface area contributed by atoms with Crippen LogP contribution in [0.3, 0.4) is 0 Å². The maximum absolute atomic E-state index is 13.3. The number of benzene rings is 2. The Hall–Kier alpha value is -3.63. The minimum atomic E-state index is -1.17. The molecule has 0 radical (unpaired) electrons. The molecule has 10 nitrogen and oxygen atoms in total. The summed E-state index contributed by atoms with van der Waals surface area (Å²) in [6.45, 7) is 2.54. The summed E-state index contributed by atoms with van der Waals surface area (Å²) in [4.78, 5) is 41.0. The number of aryl methyl sites for hydroxylation is 1. The quantitative estimate of drug-likeness (QED) is 0.383. The summed E-state index contributed by atoms with van der Waals surface area (Å²) in [5.74, 6) is -0.469. The second-order valence-corrected chi connectivity index (χ2v) is 9.73. The number of phenols is 1. The van der Waals surface area contributed by atoms with Crippen molar-refractivity contribution in [2.45, 2.75) is 57.2 Å². The first-order chi connectivity index (χ1) is 18.8. The number of para-hydroxylation sites is 1. The van der Waals surface area contributed by atoms with E-state index in [2.05, 4.69) is 16.0 Å². The van der Waals surface area contributed by atoms with Crippen LogP contribution in [0.5, 0.6) is 11.5 Å². The molecule has 1 unspecified atom stereocenters. The fourth-order valence-corrected chi connectivity index (χ4v) is 4.59. The molecule has 10 heteroatoms. The van der Waals surface area contributed by atoms with Crippen molar-refractivity contribution in [1.82, 2.24) is 20.9 Å². The predicted molar refractivity (Wildman–Crippen MR) is 147 cm³/mol. The summed E-state index contributed by atoms with van der Waals surface area (Å²) in [7, 11) is 1.48. The van der Waals surface area contributed by atoms with E-state index >= 15 is 0 Å². The lowest BCUT2D eigenvalue weighted by Gasteiger charge is -2.31. The van der Waals surface area contributed by atoms with E-state index < -0.39 is 30.6 Å². The van der Waals surface area contributed by atoms with Gasteiger partial charge in [0.25, 0.3) is 0 Å². The van der Waals surface area contributed by atoms with Gasteiger partial charge in [-0.25, -0.2) is 0 Å². The summed E-state index contributed by atoms with van der Waals surface area (Å²) < 4.78 is 6.00. The summed E-state index contributed by atoms with van der Waals surface area (Å²) in [6, 6.07) is 11.5. The van der Waals surface area contributed by atoms with Gasteiger partial charge in [0, 0.05) is 26.6 Å². The van der Waals surface area contributed by atoms with Crippen molar-refractivity contribution in [2.75, 3.05) is 33.4 Å². The lowest BCUT2D eigenvalue weighted by molar-refractivity contribution is -0.143. The molecular weight excluding hydrogens is 500 g/mol. The minimum Gasteiger partial charge on any atom is -0.508 e. The highest BCUT2D eigenvalue weighted by molar-refractivity contribution is 5.93. The number of amides is 3. The van der Waals surface area contributed by atoms with Crippen molar-refractivity contribution in [3.05, 3.63) is 59.7 Å². The number of carbonyl (C=O) groups excluding carboxylic acids is 3. The van der Waals surface area contributed by atoms with Gasteiger partial charge in [-0.3, -0.25) is 14.4 Å². The number of phenolic OH excluding ortho intramolecular Hbond substituents is 1. The first kappa shape index (κ1) is 29.9. The summed E-state index contributed by atoms with van der Waals surface area (Å²) in [5.41, 5.74) is 1.76. The number of fused-ring (bicyclic) bond motifs is 1. The Bertz CT molecular complexity index is 1090. The molecule has 5 N–H and O–H groups in total. The molecule has 0 saturated heterocycles. The second-order valence-electron chi connectivity index (χ2n) is 9.73. The van der Waals surface area contributed by atoms with E-state index in [9.17, 15) is 24.6 Å². The monoisotopic (exact) mass is 540 g/mol. The molecule has 212 valence electrons. The third-order valence-corrected chi connectivity index (χ3v) is 6.82. The number of nitrogens with zero attached hydrogens (tertiary/aromatic N) is 1. The van der Waals surface area contributed by atoms with E-state index in [0.717, 1.165) is 23.3 Å². The first-order valence-corrected chi connectivity index (χ1v) is 13.5. The molecule has 3 amide bonds. The number of likely N-dealkylation sites (N-methyl/N-ethyl adjacent to an activating group) is 1. The van der Waals surface area contributed by atoms with Crippen LogP contribution < -0.4 is 20.7 Å². The molecule has 1 heterocycles. The van der Waals surface area contributed by atoms with Gasteiger partial charge < -0.3 is 35.8 Å². The van der Waals surface area contributed by atoms with E-state index in [1.165, 1.54) is 24.1 Å². The highest BCUT2D eigenvalue weighted by Crippen LogP contribution is 2.19. The standard InChI is InChI=1S/C29H40N4O6/c1-3-7-23-29(38)33(2)25(19-34)28(37)32-24(18-20-11-13-22(35)14-12-20)27(36)31-15-6-9-21-8-4-5-10-26(21)39-17-16-30-23/h4-5,8,10-14,23-25,30,34-35H,3,6-7,9,15-19H2,1-2H3,(H,31,36)(H,32,37)/t23?,24-,25+/m1/s1. The zero-order chi connectivity index (χ0) is 28.2. The molecule has 1 aliphatic heterocycles. The van der Waals surface area contributed by atoms with Crippen LogP contribution in [-0.2, 0) is 27.2 Å². The maximum Gasteiger partial charge on any atom is 0.245 e. The van der Waals surface area contributed by atoms with E-state index in [4.69, 9.17) is 4.74 Å². The van der Waals surface area contributed by atoms with Gasteiger partial charge in [-0.05, 0) is 48.6 Å². The molecular formula is C29H40N4O6. The van der Waals surface area contributed by atoms with Gasteiger partial charge in [0.05, 0.1) is 12.6 Å². The van der Waals surface area contributed by atoms with Gasteiger partial charge in [-0.2, -0.15) is 0 Å². The predicted octanol–water partition coefficient (Wildman–Crippen LogP) is 1.14. The Morgan fingerprint density at radius 2 is 1.74 bits per heavy atom. The smallest absolute Gasteiger partial charge is 0.245 e. The molecule has 0 saturated carbocycles. The number of aromatic hydroxyl groups is 1. The van der Waals surface area contributed by atoms with Gasteiger partial charge in [0.1, 0.15) is 30.2 Å². The fourth-order valence-electron chi connectivity index (χ4n) is 4.59. The Kier molecular flexibility index (Phi) is 11.6. The van der Waals surface area contributed by atoms with Crippen molar-refractivity contribution in [1.29, 1.82) is 0 Å². The van der Waals surface area contributed by atoms with Gasteiger partial charge in [-0.1, -0.05) is 43.7 Å². The zero-order valence-electron chi connectivity index (χ0n) is 22.7. The van der Waals surface area contributed by atoms with Crippen LogP contribution >= 0.6 is 0 Å². The average Bonchev–Trinajstić information content (AvgIpc) is 2.93. The second kappa shape index (κ2) is 15.1. The van der Waals surface area contributed by atoms with Crippen LogP contribution in [0, 0.1) is 0 Å². The Balaban J connectivity index is 1.86. The Morgan fingerprint density at radius 1 is 1.00 bits per heavy atom. The van der Waals surface area contributed by atoms with Gasteiger partial charge in [0.15, 0.2) is 0 Å². The highest BCUT2D eigenvalue weighted by atomic mass is 16.5. The van der Waals surface area contributed by atoms with Gasteiger partial charge in [-0.15, -0.1) is 0 Å². The molecule has 0 spiro atoms. The third kappa shape index (κ3) is 8.69. The largest absolute Gasteiger partial charge is 0.508 e. The number of aliphatic hydroxyl groups excluding tert-OH is 1. The van der Waals surface area contributed by atoms with Gasteiger partial charge >= 0.3 is 0 Å². The van der Waals surface area contributed by atoms with E-state index in [-0.39, 0.29) is 24.0 Å². The van der Waals surface area contributed by atoms with Crippen molar-refractivity contribution in [2.24, 2.45) is 0 Å². The Labute approximate surface area is 229 Å². The van der Waals surface area contributed by atoms with Crippen molar-refractivity contribution in [3.63, 3.8) is 0 Å². The SMILES string of the molecule is CCCC1NCCOc2ccccc2CCCNC(=O)[C@@H](Cc2ccc(O)cc2)NC(=O)[C@H](CO)N(C)C1=O. The van der Waals surface area contributed by atoms with E-state index in [0.29, 0.717) is 39.0 Å². The van der Waals surface area contributed by atoms with E-state index in [1.807, 2.05) is 31.2 Å². The van der Waals surface area contributed by atoms with Crippen LogP contribution in [0.2, 0.25) is 0 Å². The minimum absolute atomic E-state index is 0.0944. The lowest BCUT2D eigenvalue weighted by atomic mass is 10.0. The topological polar surface area (TPSA) is 140 Å². The first-order valence-electron chi connectivity index (χ1n) is 13.5. The Morgan fingerprint density at radius 3 is 2.46 bits per heavy atom. The number of nitrogens with one attached hydrogen (secondary N) is 3. The van der Waals surface area contributed by atoms with Crippen LogP contribution in [0.25, 0.3) is 0 Å². The molecule has 0 fully saturated rings. The van der Waals surface area contributed by atoms with Crippen LogP contribution in [0.1, 0.15) is 37.3 Å². The summed E-state index contributed by atoms with van der Waals surface area (Å²) >= 11 is 0. The fraction of sp³-hybridized carbons (Fsp3) is 0.483. The number of hydrogen-bond acceptors (Lipinski definition) is 7. The van der Waals surface area contributed by atoms with Crippen molar-refractivity contribution < 1.29 is 29.3 Å². The molecule has 3 rings (SSSR count). The maximum atomic E-state index is 13.3.